The molecule has 1 aliphatic heterocycles. The summed E-state index contributed by atoms with van der Waals surface area (Å²) in [4.78, 5) is 41.0. The third kappa shape index (κ3) is 3.61. The molecule has 0 aliphatic carbocycles. The molecule has 0 radical (unpaired) electrons. The van der Waals surface area contributed by atoms with Crippen molar-refractivity contribution in [3.8, 4) is 0 Å². The molecule has 152 valence electrons. The summed E-state index contributed by atoms with van der Waals surface area (Å²) >= 11 is 0. The Balaban J connectivity index is 1.65. The summed E-state index contributed by atoms with van der Waals surface area (Å²) in [5.74, 6) is 0.0947. The Morgan fingerprint density at radius 1 is 1.04 bits per heavy atom. The zero-order valence-electron chi connectivity index (χ0n) is 17.2. The van der Waals surface area contributed by atoms with E-state index in [4.69, 9.17) is 0 Å². The fourth-order valence-electron chi connectivity index (χ4n) is 3.73. The highest BCUT2D eigenvalue weighted by Crippen LogP contribution is 2.16. The fraction of sp³-hybridized carbons (Fsp3) is 0.579. The van der Waals surface area contributed by atoms with Crippen molar-refractivity contribution in [2.24, 2.45) is 14.1 Å². The average molecular weight is 388 g/mol. The van der Waals surface area contributed by atoms with Gasteiger partial charge in [0.05, 0.1) is 5.69 Å². The quantitative estimate of drug-likeness (QED) is 0.733. The second kappa shape index (κ2) is 7.65. The van der Waals surface area contributed by atoms with Crippen molar-refractivity contribution in [2.75, 3.05) is 31.1 Å². The molecule has 9 nitrogen and oxygen atoms in total. The Labute approximate surface area is 163 Å². The lowest BCUT2D eigenvalue weighted by atomic mass is 10.2. The van der Waals surface area contributed by atoms with Crippen molar-refractivity contribution >= 4 is 11.6 Å². The Bertz CT molecular complexity index is 1010. The van der Waals surface area contributed by atoms with E-state index in [1.807, 2.05) is 34.4 Å². The van der Waals surface area contributed by atoms with E-state index in [0.717, 1.165) is 16.0 Å². The summed E-state index contributed by atoms with van der Waals surface area (Å²) in [6.45, 7) is 8.53. The number of aromatic nitrogens is 4. The van der Waals surface area contributed by atoms with E-state index in [2.05, 4.69) is 5.10 Å². The average Bonchev–Trinajstić information content (AvgIpc) is 3.00. The zero-order chi connectivity index (χ0) is 20.6. The molecule has 2 aromatic heterocycles. The summed E-state index contributed by atoms with van der Waals surface area (Å²) in [5.41, 5.74) is 2.58. The lowest BCUT2D eigenvalue weighted by molar-refractivity contribution is -0.131. The van der Waals surface area contributed by atoms with E-state index >= 15 is 0 Å². The summed E-state index contributed by atoms with van der Waals surface area (Å²) in [7, 11) is 3.16. The van der Waals surface area contributed by atoms with Gasteiger partial charge >= 0.3 is 5.69 Å². The number of amides is 1. The Morgan fingerprint density at radius 3 is 2.25 bits per heavy atom. The Kier molecular flexibility index (Phi) is 5.44. The number of anilines is 1. The maximum atomic E-state index is 12.6. The van der Waals surface area contributed by atoms with Crippen molar-refractivity contribution < 1.29 is 4.79 Å². The van der Waals surface area contributed by atoms with Crippen LogP contribution in [0.1, 0.15) is 23.5 Å². The second-order valence-electron chi connectivity index (χ2n) is 7.41. The van der Waals surface area contributed by atoms with Crippen LogP contribution < -0.4 is 16.1 Å². The maximum Gasteiger partial charge on any atom is 0.330 e. The minimum absolute atomic E-state index is 0.0947. The number of piperazine rings is 1. The van der Waals surface area contributed by atoms with Crippen molar-refractivity contribution in [3.63, 3.8) is 0 Å². The van der Waals surface area contributed by atoms with Gasteiger partial charge in [0.2, 0.25) is 5.91 Å². The van der Waals surface area contributed by atoms with Gasteiger partial charge in [-0.2, -0.15) is 5.10 Å². The van der Waals surface area contributed by atoms with Gasteiger partial charge in [-0.25, -0.2) is 4.79 Å². The number of aryl methyl sites for hydroxylation is 3. The van der Waals surface area contributed by atoms with E-state index in [0.29, 0.717) is 50.5 Å². The third-order valence-corrected chi connectivity index (χ3v) is 5.52. The minimum Gasteiger partial charge on any atom is -0.362 e. The van der Waals surface area contributed by atoms with Crippen molar-refractivity contribution in [3.05, 3.63) is 44.0 Å². The largest absolute Gasteiger partial charge is 0.362 e. The molecule has 0 unspecified atom stereocenters. The monoisotopic (exact) mass is 388 g/mol. The van der Waals surface area contributed by atoms with Crippen molar-refractivity contribution in [2.45, 2.75) is 33.7 Å². The molecule has 0 saturated carbocycles. The van der Waals surface area contributed by atoms with Crippen molar-refractivity contribution in [1.82, 2.24) is 23.8 Å². The molecule has 0 atom stereocenters. The normalized spacial score (nSPS) is 14.6. The molecule has 1 amide bonds. The molecule has 9 heteroatoms. The first-order valence-electron chi connectivity index (χ1n) is 9.51. The van der Waals surface area contributed by atoms with Gasteiger partial charge in [-0.05, 0) is 26.8 Å². The van der Waals surface area contributed by atoms with Crippen LogP contribution in [-0.4, -0.2) is 55.9 Å². The molecule has 28 heavy (non-hydrogen) atoms. The Morgan fingerprint density at radius 2 is 1.68 bits per heavy atom. The number of rotatable bonds is 4. The van der Waals surface area contributed by atoms with E-state index in [1.165, 1.54) is 11.6 Å². The highest BCUT2D eigenvalue weighted by molar-refractivity contribution is 5.76. The number of nitrogens with zero attached hydrogens (tertiary/aromatic N) is 6. The first-order valence-corrected chi connectivity index (χ1v) is 9.51. The van der Waals surface area contributed by atoms with Gasteiger partial charge in [0.1, 0.15) is 5.69 Å². The van der Waals surface area contributed by atoms with Crippen LogP contribution in [-0.2, 0) is 25.4 Å². The highest BCUT2D eigenvalue weighted by Gasteiger charge is 2.25. The molecular formula is C19H28N6O3. The fourth-order valence-corrected chi connectivity index (χ4v) is 3.73. The third-order valence-electron chi connectivity index (χ3n) is 5.52. The number of carbonyl (C=O) groups is 1. The van der Waals surface area contributed by atoms with Gasteiger partial charge in [-0.3, -0.25) is 23.4 Å². The van der Waals surface area contributed by atoms with Crippen LogP contribution in [0.4, 0.5) is 5.69 Å². The molecule has 0 bridgehead atoms. The van der Waals surface area contributed by atoms with E-state index in [9.17, 15) is 14.4 Å². The molecule has 1 saturated heterocycles. The predicted octanol–water partition coefficient (Wildman–Crippen LogP) is -0.0553. The molecule has 3 rings (SSSR count). The van der Waals surface area contributed by atoms with Gasteiger partial charge < -0.3 is 9.80 Å². The van der Waals surface area contributed by atoms with E-state index < -0.39 is 0 Å². The maximum absolute atomic E-state index is 12.6. The minimum atomic E-state index is -0.329. The smallest absolute Gasteiger partial charge is 0.330 e. The van der Waals surface area contributed by atoms with E-state index in [-0.39, 0.29) is 17.2 Å². The molecule has 0 N–H and O–H groups in total. The number of carbonyl (C=O) groups excluding carboxylic acids is 1. The molecule has 2 aromatic rings. The molecule has 3 heterocycles. The van der Waals surface area contributed by atoms with Crippen LogP contribution >= 0.6 is 0 Å². The van der Waals surface area contributed by atoms with Gasteiger partial charge in [-0.1, -0.05) is 0 Å². The van der Waals surface area contributed by atoms with Crippen LogP contribution in [0.2, 0.25) is 0 Å². The second-order valence-corrected chi connectivity index (χ2v) is 7.41. The first-order chi connectivity index (χ1) is 13.2. The van der Waals surface area contributed by atoms with Gasteiger partial charge in [0.15, 0.2) is 0 Å². The van der Waals surface area contributed by atoms with Crippen LogP contribution in [0.5, 0.6) is 0 Å². The standard InChI is InChI=1S/C19H28N6O3/c1-13-12-14(2)25(20-13)7-6-16(26)23-8-10-24(11-9-23)17-15(3)21(4)19(28)22(5)18(17)27/h12H,6-11H2,1-5H3. The summed E-state index contributed by atoms with van der Waals surface area (Å²) < 4.78 is 4.48. The predicted molar refractivity (Wildman–Crippen MR) is 107 cm³/mol. The summed E-state index contributed by atoms with van der Waals surface area (Å²) in [6.07, 6.45) is 0.405. The zero-order valence-corrected chi connectivity index (χ0v) is 17.2. The molecule has 0 aromatic carbocycles. The SMILES string of the molecule is Cc1cc(C)n(CCC(=O)N2CCN(c3c(C)n(C)c(=O)n(C)c3=O)CC2)n1. The molecular weight excluding hydrogens is 360 g/mol. The van der Waals surface area contributed by atoms with Crippen LogP contribution in [0.25, 0.3) is 0 Å². The van der Waals surface area contributed by atoms with Gasteiger partial charge in [0, 0.05) is 64.6 Å². The molecule has 1 fully saturated rings. The molecule has 1 aliphatic rings. The summed E-state index contributed by atoms with van der Waals surface area (Å²) in [5, 5.41) is 4.39. The highest BCUT2D eigenvalue weighted by atomic mass is 16.2. The van der Waals surface area contributed by atoms with Crippen LogP contribution in [0.15, 0.2) is 15.7 Å². The van der Waals surface area contributed by atoms with Gasteiger partial charge in [0.25, 0.3) is 5.56 Å². The van der Waals surface area contributed by atoms with Gasteiger partial charge in [-0.15, -0.1) is 0 Å². The topological polar surface area (TPSA) is 85.4 Å². The number of hydrogen-bond donors (Lipinski definition) is 0. The van der Waals surface area contributed by atoms with Crippen LogP contribution in [0.3, 0.4) is 0 Å². The van der Waals surface area contributed by atoms with E-state index in [1.54, 1.807) is 14.0 Å². The first kappa shape index (κ1) is 19.9. The number of hydrogen-bond acceptors (Lipinski definition) is 5. The summed E-state index contributed by atoms with van der Waals surface area (Å²) in [6, 6.07) is 2.00. The Hall–Kier alpha value is -2.84. The van der Waals surface area contributed by atoms with Crippen LogP contribution in [0, 0.1) is 20.8 Å². The van der Waals surface area contributed by atoms with Crippen molar-refractivity contribution in [1.29, 1.82) is 0 Å². The lowest BCUT2D eigenvalue weighted by Gasteiger charge is -2.36. The lowest BCUT2D eigenvalue weighted by Crippen LogP contribution is -2.52. The molecule has 0 spiro atoms.